The summed E-state index contributed by atoms with van der Waals surface area (Å²) < 4.78 is 0. The summed E-state index contributed by atoms with van der Waals surface area (Å²) in [5, 5.41) is 19.4. The van der Waals surface area contributed by atoms with Crippen LogP contribution in [0.2, 0.25) is 0 Å². The molecule has 0 bridgehead atoms. The largest absolute Gasteiger partial charge is 0.245 e. The second kappa shape index (κ2) is 31.8. The number of fused-ring (bicyclic) bond motifs is 14. The highest BCUT2D eigenvalue weighted by molar-refractivity contribution is 6.22. The highest BCUT2D eigenvalue weighted by atomic mass is 14.8. The van der Waals surface area contributed by atoms with Crippen LogP contribution in [-0.2, 0) is 6.42 Å². The Hall–Kier alpha value is -16.8. The summed E-state index contributed by atoms with van der Waals surface area (Å²) in [5.74, 6) is 0. The molecule has 0 amide bonds. The molecule has 0 spiro atoms. The van der Waals surface area contributed by atoms with Crippen molar-refractivity contribution in [3.05, 3.63) is 460 Å². The van der Waals surface area contributed by atoms with Crippen molar-refractivity contribution in [1.82, 2.24) is 29.9 Å². The number of nitrogens with zero attached hydrogens (tertiary/aromatic N) is 6. The van der Waals surface area contributed by atoms with Crippen LogP contribution >= 0.6 is 0 Å². The molecule has 596 valence electrons. The molecule has 18 aromatic carbocycles. The minimum absolute atomic E-state index is 0.922. The molecule has 2 aliphatic carbocycles. The third-order valence-electron chi connectivity index (χ3n) is 25.8. The van der Waals surface area contributed by atoms with Gasteiger partial charge in [-0.1, -0.05) is 406 Å². The number of allylic oxidation sites excluding steroid dienone is 3. The number of benzene rings is 18. The maximum absolute atomic E-state index is 5.19. The van der Waals surface area contributed by atoms with E-state index < -0.39 is 0 Å². The fraction of sp³-hybridized carbons (Fsp3) is 0.0164. The molecule has 0 atom stereocenters. The van der Waals surface area contributed by atoms with E-state index in [1.54, 1.807) is 0 Å². The monoisotopic (exact) mass is 1630 g/mol. The number of hydrogen-bond acceptors (Lipinski definition) is 6. The first kappa shape index (κ1) is 75.0. The van der Waals surface area contributed by atoms with E-state index in [1.807, 2.05) is 42.5 Å². The van der Waals surface area contributed by atoms with Crippen LogP contribution in [-0.4, -0.2) is 29.9 Å². The molecule has 0 fully saturated rings. The van der Waals surface area contributed by atoms with Crippen molar-refractivity contribution >= 4 is 131 Å². The normalized spacial score (nSPS) is 12.2. The fourth-order valence-electron chi connectivity index (χ4n) is 19.5. The van der Waals surface area contributed by atoms with Crippen LogP contribution in [0.1, 0.15) is 23.1 Å². The van der Waals surface area contributed by atoms with Crippen LogP contribution in [0, 0.1) is 0 Å². The first-order chi connectivity index (χ1) is 63.4. The molecule has 0 saturated carbocycles. The third kappa shape index (κ3) is 13.5. The minimum atomic E-state index is 0.922. The highest BCUT2D eigenvalue weighted by Gasteiger charge is 2.24. The molecular weight excluding hydrogens is 1550 g/mol. The van der Waals surface area contributed by atoms with E-state index in [9.17, 15) is 0 Å². The number of rotatable bonds is 10. The standard InChI is InChI=1S/C44H28N2.C40H26N2.C38H24N2/c1-3-11-29(12-4-1)39-27-25-33-23-24-34-26-28-40(46-44(34)43(33)45-39)30-19-21-32(22-20-30)42-37-17-9-7-15-35(37)41(31-13-5-2-6-14-31)36-16-8-10-18-38(36)42;1-2-5-26(6-3-1)35-23-19-31-15-16-32-20-24-36(42-40(32)39(31)41-35)27-11-9-25(10-12-27)33-21-17-30-14-13-28-7-4-8-29-18-22-34(33)38(30)37(28)29;1-2-8-26(9-3-1)35-22-20-28-18-19-29-21-23-36(40-38(29)37(28)39-35)27-16-14-25(15-17-27)34-24-30-10-4-5-11-31(30)32-12-6-7-13-33(32)34/h1-28H;1-7,9-21,23-24H,8,22H2;1-24H. The summed E-state index contributed by atoms with van der Waals surface area (Å²) in [4.78, 5) is 30.7. The Morgan fingerprint density at radius 3 is 0.867 bits per heavy atom. The van der Waals surface area contributed by atoms with Crippen molar-refractivity contribution in [3.8, 4) is 112 Å². The van der Waals surface area contributed by atoms with Crippen LogP contribution < -0.4 is 0 Å². The van der Waals surface area contributed by atoms with Gasteiger partial charge in [-0.2, -0.15) is 0 Å². The summed E-state index contributed by atoms with van der Waals surface area (Å²) in [5.41, 5.74) is 33.6. The van der Waals surface area contributed by atoms with Crippen LogP contribution in [0.15, 0.2) is 443 Å². The molecular formula is C122H78N6. The molecule has 0 aliphatic heterocycles. The van der Waals surface area contributed by atoms with Crippen LogP contribution in [0.25, 0.3) is 243 Å². The summed E-state index contributed by atoms with van der Waals surface area (Å²) in [7, 11) is 0. The fourth-order valence-corrected chi connectivity index (χ4v) is 19.5. The molecule has 6 aromatic heterocycles. The number of pyridine rings is 6. The highest BCUT2D eigenvalue weighted by Crippen LogP contribution is 2.47. The second-order valence-electron chi connectivity index (χ2n) is 33.3. The third-order valence-corrected chi connectivity index (χ3v) is 25.8. The predicted molar refractivity (Wildman–Crippen MR) is 538 cm³/mol. The van der Waals surface area contributed by atoms with Gasteiger partial charge in [0.25, 0.3) is 0 Å². The average Bonchev–Trinajstić information content (AvgIpc) is 0.737. The molecule has 0 radical (unpaired) electrons. The molecule has 128 heavy (non-hydrogen) atoms. The average molecular weight is 1630 g/mol. The zero-order valence-electron chi connectivity index (χ0n) is 69.8. The van der Waals surface area contributed by atoms with Gasteiger partial charge in [-0.3, -0.25) is 0 Å². The van der Waals surface area contributed by atoms with Gasteiger partial charge in [0.05, 0.1) is 67.3 Å². The van der Waals surface area contributed by atoms with Crippen LogP contribution in [0.5, 0.6) is 0 Å². The summed E-state index contributed by atoms with van der Waals surface area (Å²) in [6.07, 6.45) is 9.01. The van der Waals surface area contributed by atoms with Gasteiger partial charge >= 0.3 is 0 Å². The Kier molecular flexibility index (Phi) is 18.6. The van der Waals surface area contributed by atoms with E-state index in [0.29, 0.717) is 0 Å². The summed E-state index contributed by atoms with van der Waals surface area (Å²) in [6.45, 7) is 0. The van der Waals surface area contributed by atoms with Gasteiger partial charge in [0.15, 0.2) is 0 Å². The van der Waals surface area contributed by atoms with Crippen molar-refractivity contribution in [2.24, 2.45) is 0 Å². The number of aromatic nitrogens is 6. The predicted octanol–water partition coefficient (Wildman–Crippen LogP) is 32.1. The lowest BCUT2D eigenvalue weighted by Crippen LogP contribution is -2.04. The molecule has 0 unspecified atom stereocenters. The van der Waals surface area contributed by atoms with Gasteiger partial charge in [0, 0.05) is 65.7 Å². The summed E-state index contributed by atoms with van der Waals surface area (Å²) in [6, 6.07) is 153. The first-order valence-electron chi connectivity index (χ1n) is 43.9. The molecule has 26 rings (SSSR count). The van der Waals surface area contributed by atoms with Crippen molar-refractivity contribution in [2.75, 3.05) is 0 Å². The SMILES string of the molecule is C1=Cc2ccc3ccc(-c4ccc(-c5ccc6ccc7ccc(-c8ccccc8)nc7c6n5)cc4)c4c3c2C(=CC4)C1.c1ccc(-c2ccc3ccc4ccc(-c5ccc(-c6c7ccccc7c(-c7ccccc7)c7ccccc67)cc5)nc4c3n2)cc1.c1ccc(-c2ccc3ccc4ccc(-c5ccc(-c6cc7ccccc7c7ccccc67)cc5)nc4c3n2)cc1. The van der Waals surface area contributed by atoms with Gasteiger partial charge in [-0.25, -0.2) is 29.9 Å². The van der Waals surface area contributed by atoms with Gasteiger partial charge in [0.2, 0.25) is 0 Å². The molecule has 6 nitrogen and oxygen atoms in total. The first-order valence-corrected chi connectivity index (χ1v) is 43.9. The van der Waals surface area contributed by atoms with E-state index in [-0.39, 0.29) is 0 Å². The molecule has 0 N–H and O–H groups in total. The topological polar surface area (TPSA) is 77.3 Å². The van der Waals surface area contributed by atoms with Crippen LogP contribution in [0.4, 0.5) is 0 Å². The van der Waals surface area contributed by atoms with E-state index in [0.717, 1.165) is 146 Å². The Labute approximate surface area is 740 Å². The molecule has 24 aromatic rings. The Morgan fingerprint density at radius 1 is 0.180 bits per heavy atom. The number of hydrogen-bond donors (Lipinski definition) is 0. The van der Waals surface area contributed by atoms with E-state index in [2.05, 4.69) is 406 Å². The Bertz CT molecular complexity index is 8570. The lowest BCUT2D eigenvalue weighted by atomic mass is 9.79. The molecule has 2 aliphatic rings. The second-order valence-corrected chi connectivity index (χ2v) is 33.3. The van der Waals surface area contributed by atoms with E-state index in [1.165, 1.54) is 121 Å². The smallest absolute Gasteiger partial charge is 0.0972 e. The zero-order valence-corrected chi connectivity index (χ0v) is 69.8. The van der Waals surface area contributed by atoms with E-state index >= 15 is 0 Å². The molecule has 6 heteroatoms. The van der Waals surface area contributed by atoms with Gasteiger partial charge < -0.3 is 0 Å². The van der Waals surface area contributed by atoms with Crippen molar-refractivity contribution < 1.29 is 0 Å². The quantitative estimate of drug-likeness (QED) is 0.100. The van der Waals surface area contributed by atoms with Crippen molar-refractivity contribution in [1.29, 1.82) is 0 Å². The maximum atomic E-state index is 5.19. The lowest BCUT2D eigenvalue weighted by Gasteiger charge is -2.25. The zero-order chi connectivity index (χ0) is 84.5. The lowest BCUT2D eigenvalue weighted by molar-refractivity contribution is 1.23. The van der Waals surface area contributed by atoms with Gasteiger partial charge in [0.1, 0.15) is 0 Å². The van der Waals surface area contributed by atoms with E-state index in [4.69, 9.17) is 29.9 Å². The van der Waals surface area contributed by atoms with Crippen molar-refractivity contribution in [3.63, 3.8) is 0 Å². The Balaban J connectivity index is 0.000000107. The maximum Gasteiger partial charge on any atom is 0.0972 e. The van der Waals surface area contributed by atoms with Gasteiger partial charge in [-0.05, 0) is 176 Å². The minimum Gasteiger partial charge on any atom is -0.245 e. The van der Waals surface area contributed by atoms with Crippen LogP contribution in [0.3, 0.4) is 0 Å². The molecule has 0 saturated heterocycles. The summed E-state index contributed by atoms with van der Waals surface area (Å²) >= 11 is 0. The Morgan fingerprint density at radius 2 is 0.469 bits per heavy atom. The molecule has 6 heterocycles. The van der Waals surface area contributed by atoms with Gasteiger partial charge in [-0.15, -0.1) is 0 Å². The van der Waals surface area contributed by atoms with Crippen molar-refractivity contribution in [2.45, 2.75) is 12.8 Å².